The largest absolute Gasteiger partial charge is 0.384 e. The van der Waals surface area contributed by atoms with Gasteiger partial charge in [0.05, 0.1) is 5.56 Å². The van der Waals surface area contributed by atoms with E-state index in [2.05, 4.69) is 13.8 Å². The fourth-order valence-corrected chi connectivity index (χ4v) is 2.63. The third-order valence-corrected chi connectivity index (χ3v) is 3.29. The van der Waals surface area contributed by atoms with Gasteiger partial charge in [-0.15, -0.1) is 11.8 Å². The maximum absolute atomic E-state index is 13.5. The lowest BCUT2D eigenvalue weighted by atomic mass is 10.2. The highest BCUT2D eigenvalue weighted by Gasteiger charge is 2.11. The second-order valence-electron chi connectivity index (χ2n) is 4.06. The minimum atomic E-state index is -0.415. The molecule has 1 aromatic rings. The molecule has 0 aliphatic carbocycles. The summed E-state index contributed by atoms with van der Waals surface area (Å²) in [6.07, 6.45) is 1.07. The summed E-state index contributed by atoms with van der Waals surface area (Å²) in [7, 11) is 0. The number of nitrogen functional groups attached to an aromatic ring is 1. The minimum absolute atomic E-state index is 0.204. The van der Waals surface area contributed by atoms with Crippen LogP contribution < -0.4 is 5.73 Å². The Hall–Kier alpha value is -1.03. The predicted octanol–water partition coefficient (Wildman–Crippen LogP) is 3.25. The summed E-state index contributed by atoms with van der Waals surface area (Å²) >= 11 is 1.56. The fraction of sp³-hybridized carbons (Fsp3) is 0.417. The van der Waals surface area contributed by atoms with Crippen molar-refractivity contribution >= 4 is 17.6 Å². The first-order valence-electron chi connectivity index (χ1n) is 5.28. The first-order valence-corrected chi connectivity index (χ1v) is 6.26. The highest BCUT2D eigenvalue weighted by molar-refractivity contribution is 7.99. The molecular weight excluding hydrogens is 223 g/mol. The predicted molar refractivity (Wildman–Crippen MR) is 67.6 cm³/mol. The van der Waals surface area contributed by atoms with Gasteiger partial charge in [0.2, 0.25) is 0 Å². The van der Waals surface area contributed by atoms with Crippen LogP contribution >= 0.6 is 11.8 Å². The average molecular weight is 240 g/mol. The first kappa shape index (κ1) is 13.0. The van der Waals surface area contributed by atoms with Crippen molar-refractivity contribution in [1.82, 2.24) is 0 Å². The van der Waals surface area contributed by atoms with E-state index in [0.717, 1.165) is 17.1 Å². The normalized spacial score (nSPS) is 10.8. The van der Waals surface area contributed by atoms with Gasteiger partial charge in [-0.3, -0.25) is 5.41 Å². The molecule has 88 valence electrons. The number of amidine groups is 1. The molecule has 0 aliphatic heterocycles. The molecule has 0 saturated carbocycles. The molecular formula is C12H17FN2S. The number of hydrogen-bond donors (Lipinski definition) is 2. The third kappa shape index (κ3) is 3.52. The van der Waals surface area contributed by atoms with Crippen molar-refractivity contribution in [3.05, 3.63) is 29.6 Å². The van der Waals surface area contributed by atoms with E-state index < -0.39 is 5.82 Å². The van der Waals surface area contributed by atoms with Crippen LogP contribution in [-0.2, 0) is 0 Å². The molecule has 0 unspecified atom stereocenters. The minimum Gasteiger partial charge on any atom is -0.384 e. The Balaban J connectivity index is 2.79. The number of thioether (sulfide) groups is 1. The molecule has 16 heavy (non-hydrogen) atoms. The summed E-state index contributed by atoms with van der Waals surface area (Å²) in [6, 6.07) is 4.80. The molecule has 0 bridgehead atoms. The Labute approximate surface area is 99.9 Å². The van der Waals surface area contributed by atoms with Crippen LogP contribution in [0.15, 0.2) is 23.1 Å². The molecule has 0 atom stereocenters. The van der Waals surface area contributed by atoms with Crippen molar-refractivity contribution in [3.63, 3.8) is 0 Å². The summed E-state index contributed by atoms with van der Waals surface area (Å²) in [6.45, 7) is 4.30. The topological polar surface area (TPSA) is 49.9 Å². The van der Waals surface area contributed by atoms with Gasteiger partial charge in [-0.05, 0) is 30.2 Å². The first-order chi connectivity index (χ1) is 7.52. The summed E-state index contributed by atoms with van der Waals surface area (Å²) in [5.41, 5.74) is 5.61. The molecule has 0 heterocycles. The summed E-state index contributed by atoms with van der Waals surface area (Å²) in [5.74, 6) is 0.926. The van der Waals surface area contributed by atoms with Crippen LogP contribution in [0, 0.1) is 17.1 Å². The van der Waals surface area contributed by atoms with Gasteiger partial charge in [0.15, 0.2) is 0 Å². The van der Waals surface area contributed by atoms with E-state index in [1.807, 2.05) is 6.07 Å². The van der Waals surface area contributed by atoms with Gasteiger partial charge < -0.3 is 5.73 Å². The van der Waals surface area contributed by atoms with E-state index in [-0.39, 0.29) is 11.4 Å². The van der Waals surface area contributed by atoms with Gasteiger partial charge >= 0.3 is 0 Å². The lowest BCUT2D eigenvalue weighted by molar-refractivity contribution is 0.620. The molecule has 3 N–H and O–H groups in total. The van der Waals surface area contributed by atoms with Crippen LogP contribution in [0.2, 0.25) is 0 Å². The number of halogens is 1. The number of nitrogens with one attached hydrogen (secondary N) is 1. The van der Waals surface area contributed by atoms with E-state index in [9.17, 15) is 4.39 Å². The molecule has 1 rings (SSSR count). The molecule has 0 spiro atoms. The van der Waals surface area contributed by atoms with E-state index in [1.165, 1.54) is 6.07 Å². The van der Waals surface area contributed by atoms with E-state index in [1.54, 1.807) is 17.8 Å². The monoisotopic (exact) mass is 240 g/mol. The number of nitrogens with two attached hydrogens (primary N) is 1. The lowest BCUT2D eigenvalue weighted by Gasteiger charge is -2.09. The summed E-state index contributed by atoms with van der Waals surface area (Å²) < 4.78 is 13.5. The van der Waals surface area contributed by atoms with Gasteiger partial charge in [-0.1, -0.05) is 19.9 Å². The third-order valence-electron chi connectivity index (χ3n) is 2.20. The van der Waals surface area contributed by atoms with Gasteiger partial charge in [-0.25, -0.2) is 4.39 Å². The van der Waals surface area contributed by atoms with Crippen LogP contribution in [0.4, 0.5) is 4.39 Å². The number of hydrogen-bond acceptors (Lipinski definition) is 2. The average Bonchev–Trinajstić information content (AvgIpc) is 2.16. The van der Waals surface area contributed by atoms with Crippen LogP contribution in [0.1, 0.15) is 25.8 Å². The lowest BCUT2D eigenvalue weighted by Crippen LogP contribution is -2.14. The van der Waals surface area contributed by atoms with Crippen molar-refractivity contribution in [2.75, 3.05) is 5.75 Å². The molecule has 4 heteroatoms. The van der Waals surface area contributed by atoms with E-state index in [4.69, 9.17) is 11.1 Å². The quantitative estimate of drug-likeness (QED) is 0.471. The second kappa shape index (κ2) is 5.89. The van der Waals surface area contributed by atoms with Gasteiger partial charge in [0, 0.05) is 4.90 Å². The van der Waals surface area contributed by atoms with Crippen LogP contribution in [0.25, 0.3) is 0 Å². The zero-order valence-corrected chi connectivity index (χ0v) is 10.4. The molecule has 0 saturated heterocycles. The Bertz CT molecular complexity index is 377. The number of benzene rings is 1. The molecule has 0 aliphatic rings. The molecule has 1 aromatic carbocycles. The standard InChI is InChI=1S/C12H17FN2S/c1-8(2)6-7-16-10-5-3-4-9(13)11(10)12(14)15/h3-5,8H,6-7H2,1-2H3,(H3,14,15). The van der Waals surface area contributed by atoms with Crippen molar-refractivity contribution in [2.45, 2.75) is 25.2 Å². The van der Waals surface area contributed by atoms with Crippen molar-refractivity contribution in [1.29, 1.82) is 5.41 Å². The second-order valence-corrected chi connectivity index (χ2v) is 5.19. The summed E-state index contributed by atoms with van der Waals surface area (Å²) in [5, 5.41) is 7.36. The molecule has 0 radical (unpaired) electrons. The fourth-order valence-electron chi connectivity index (χ4n) is 1.29. The van der Waals surface area contributed by atoms with Crippen molar-refractivity contribution in [2.24, 2.45) is 11.7 Å². The van der Waals surface area contributed by atoms with Gasteiger partial charge in [-0.2, -0.15) is 0 Å². The van der Waals surface area contributed by atoms with Crippen LogP contribution in [0.5, 0.6) is 0 Å². The highest BCUT2D eigenvalue weighted by atomic mass is 32.2. The van der Waals surface area contributed by atoms with Gasteiger partial charge in [0.1, 0.15) is 11.7 Å². The molecule has 0 fully saturated rings. The Morgan fingerprint density at radius 2 is 2.19 bits per heavy atom. The molecule has 2 nitrogen and oxygen atoms in total. The Morgan fingerprint density at radius 1 is 1.50 bits per heavy atom. The van der Waals surface area contributed by atoms with Gasteiger partial charge in [0.25, 0.3) is 0 Å². The smallest absolute Gasteiger partial charge is 0.135 e. The summed E-state index contributed by atoms with van der Waals surface area (Å²) in [4.78, 5) is 0.758. The maximum Gasteiger partial charge on any atom is 0.135 e. The zero-order valence-electron chi connectivity index (χ0n) is 9.59. The van der Waals surface area contributed by atoms with Crippen LogP contribution in [-0.4, -0.2) is 11.6 Å². The SMILES string of the molecule is CC(C)CCSc1cccc(F)c1C(=N)N. The highest BCUT2D eigenvalue weighted by Crippen LogP contribution is 2.26. The maximum atomic E-state index is 13.5. The van der Waals surface area contributed by atoms with E-state index in [0.29, 0.717) is 5.92 Å². The number of rotatable bonds is 5. The molecule has 0 amide bonds. The van der Waals surface area contributed by atoms with Crippen molar-refractivity contribution < 1.29 is 4.39 Å². The van der Waals surface area contributed by atoms with Crippen LogP contribution in [0.3, 0.4) is 0 Å². The Kier molecular flexibility index (Phi) is 4.80. The molecule has 0 aromatic heterocycles. The zero-order chi connectivity index (χ0) is 12.1. The Morgan fingerprint density at radius 3 is 2.75 bits per heavy atom. The van der Waals surface area contributed by atoms with Crippen molar-refractivity contribution in [3.8, 4) is 0 Å². The van der Waals surface area contributed by atoms with E-state index >= 15 is 0 Å².